The second-order valence-electron chi connectivity index (χ2n) is 28.6. The van der Waals surface area contributed by atoms with Gasteiger partial charge in [-0.15, -0.1) is 0 Å². The van der Waals surface area contributed by atoms with E-state index in [-0.39, 0.29) is 16.5 Å². The fourth-order valence-electron chi connectivity index (χ4n) is 18.5. The van der Waals surface area contributed by atoms with E-state index in [9.17, 15) is 0 Å². The molecule has 84 heavy (non-hydrogen) atoms. The SMILES string of the molecule is Cc1cc(C)c(C)c(N2C(C)C3(C)CC2(C)c2ccccc23)c1.Cc1cc(C)c(C)c(N2C(C)N3CC2(C)c2ccccc23)c1.Cc1cc(C)c(C)c(N2C3CC(c4ccccc43)C2C)c1.Cc1cc(C)c(C)c(N2C3CCC(CC3)C2C)c1. The number of hydrogen-bond acceptors (Lipinski definition) is 5. The van der Waals surface area contributed by atoms with Crippen molar-refractivity contribution in [3.05, 3.63) is 216 Å². The number of nitrogens with zero attached hydrogens (tertiary/aromatic N) is 5. The van der Waals surface area contributed by atoms with Gasteiger partial charge in [-0.05, 0) is 288 Å². The van der Waals surface area contributed by atoms with Gasteiger partial charge in [0.25, 0.3) is 0 Å². The molecule has 16 rings (SSSR count). The number of aryl methyl sites for hydroxylation is 8. The van der Waals surface area contributed by atoms with Crippen LogP contribution in [0.3, 0.4) is 0 Å². The Kier molecular flexibility index (Phi) is 14.6. The van der Waals surface area contributed by atoms with Crippen LogP contribution in [0.15, 0.2) is 121 Å². The first kappa shape index (κ1) is 57.9. The smallest absolute Gasteiger partial charge is 0.0997 e. The van der Waals surface area contributed by atoms with Crippen LogP contribution in [0.1, 0.15) is 194 Å². The Balaban J connectivity index is 0.000000111. The molecule has 8 bridgehead atoms. The minimum absolute atomic E-state index is 0.0704. The van der Waals surface area contributed by atoms with Crippen LogP contribution < -0.4 is 24.5 Å². The van der Waals surface area contributed by atoms with E-state index in [4.69, 9.17) is 0 Å². The Hall–Kier alpha value is -6.46. The summed E-state index contributed by atoms with van der Waals surface area (Å²) in [6, 6.07) is 49.0. The van der Waals surface area contributed by atoms with E-state index in [1.165, 1.54) is 145 Å². The van der Waals surface area contributed by atoms with Gasteiger partial charge < -0.3 is 24.5 Å². The highest BCUT2D eigenvalue weighted by molar-refractivity contribution is 5.75. The molecule has 0 radical (unpaired) electrons. The van der Waals surface area contributed by atoms with Crippen molar-refractivity contribution in [2.45, 2.75) is 229 Å². The molecule has 7 aromatic rings. The number of hydrogen-bond donors (Lipinski definition) is 0. The summed E-state index contributed by atoms with van der Waals surface area (Å²) in [5.41, 5.74) is 32.2. The summed E-state index contributed by atoms with van der Waals surface area (Å²) in [4.78, 5) is 13.3. The number of anilines is 5. The topological polar surface area (TPSA) is 16.2 Å². The lowest BCUT2D eigenvalue weighted by atomic mass is 9.74. The van der Waals surface area contributed by atoms with Gasteiger partial charge in [0, 0.05) is 76.0 Å². The standard InChI is InChI=1S/C22H27N.C20H24N2.C20H23N.C17H25N/c1-14-11-15(2)16(3)20(12-14)23-17(4)21(5)13-22(23,6)19-10-8-7-9-18(19)21;1-13-10-14(2)15(3)19(11-13)22-16(4)21-12-20(22,5)17-8-6-7-9-18(17)21;1-12-9-13(2)14(3)19(10-12)21-15(4)18-11-20(21)17-8-6-5-7-16(17)18;1-11-9-12(2)13(3)17(10-11)18-14(4)15-5-7-16(18)8-6-15/h7-12,17H,13H2,1-6H3;6-11,16H,12H2,1-5H3;5-10,15,18,20H,11H2,1-4H3;9-10,14-16H,5-8H2,1-4H3. The normalized spacial score (nSPS) is 28.6. The maximum absolute atomic E-state index is 2.74. The summed E-state index contributed by atoms with van der Waals surface area (Å²) in [5.74, 6) is 1.63. The Labute approximate surface area is 507 Å². The van der Waals surface area contributed by atoms with Gasteiger partial charge in [-0.2, -0.15) is 0 Å². The lowest BCUT2D eigenvalue weighted by molar-refractivity contribution is 0.200. The second kappa shape index (κ2) is 21.2. The summed E-state index contributed by atoms with van der Waals surface area (Å²) >= 11 is 0. The van der Waals surface area contributed by atoms with E-state index in [2.05, 4.69) is 277 Å². The number of para-hydroxylation sites is 1. The van der Waals surface area contributed by atoms with Gasteiger partial charge in [0.1, 0.15) is 0 Å². The molecule has 9 atom stereocenters. The van der Waals surface area contributed by atoms with Crippen molar-refractivity contribution in [2.75, 3.05) is 31.0 Å². The van der Waals surface area contributed by atoms with Gasteiger partial charge >= 0.3 is 0 Å². The molecule has 6 heterocycles. The van der Waals surface area contributed by atoms with Gasteiger partial charge in [-0.1, -0.05) is 97.9 Å². The minimum Gasteiger partial charge on any atom is -0.365 e. The van der Waals surface area contributed by atoms with Crippen LogP contribution in [0.4, 0.5) is 28.4 Å². The second-order valence-corrected chi connectivity index (χ2v) is 28.6. The molecular formula is C79H99N5. The zero-order valence-corrected chi connectivity index (χ0v) is 54.9. The molecule has 0 N–H and O–H groups in total. The third-order valence-electron chi connectivity index (χ3n) is 23.4. The average Bonchev–Trinajstić information content (AvgIpc) is 1.60. The number of fused-ring (bicyclic) bond motifs is 18. The predicted octanol–water partition coefficient (Wildman–Crippen LogP) is 19.3. The van der Waals surface area contributed by atoms with Crippen molar-refractivity contribution in [2.24, 2.45) is 5.92 Å². The van der Waals surface area contributed by atoms with E-state index >= 15 is 0 Å². The zero-order chi connectivity index (χ0) is 59.8. The lowest BCUT2D eigenvalue weighted by Crippen LogP contribution is -2.54. The molecular weight excluding hydrogens is 1020 g/mol. The zero-order valence-electron chi connectivity index (χ0n) is 54.9. The summed E-state index contributed by atoms with van der Waals surface area (Å²) in [6.07, 6.45) is 8.61. The van der Waals surface area contributed by atoms with Crippen molar-refractivity contribution in [3.8, 4) is 0 Å². The summed E-state index contributed by atoms with van der Waals surface area (Å²) in [7, 11) is 0. The highest BCUT2D eigenvalue weighted by Gasteiger charge is 2.62. The first-order chi connectivity index (χ1) is 39.9. The molecule has 9 aliphatic rings. The molecule has 6 fully saturated rings. The predicted molar refractivity (Wildman–Crippen MR) is 360 cm³/mol. The molecule has 440 valence electrons. The molecule has 0 aromatic heterocycles. The molecule has 9 unspecified atom stereocenters. The van der Waals surface area contributed by atoms with Crippen LogP contribution in [0.5, 0.6) is 0 Å². The van der Waals surface area contributed by atoms with Gasteiger partial charge in [-0.25, -0.2) is 0 Å². The van der Waals surface area contributed by atoms with Crippen LogP contribution in [-0.4, -0.2) is 36.9 Å². The fraction of sp³-hybridized carbons (Fsp3) is 0.468. The van der Waals surface area contributed by atoms with Gasteiger partial charge in [0.2, 0.25) is 0 Å². The first-order valence-corrected chi connectivity index (χ1v) is 32.4. The summed E-state index contributed by atoms with van der Waals surface area (Å²) < 4.78 is 0. The van der Waals surface area contributed by atoms with Gasteiger partial charge in [-0.3, -0.25) is 0 Å². The van der Waals surface area contributed by atoms with Crippen molar-refractivity contribution in [1.82, 2.24) is 0 Å². The molecule has 6 aliphatic heterocycles. The molecule has 5 heteroatoms. The molecule has 0 amide bonds. The van der Waals surface area contributed by atoms with Crippen molar-refractivity contribution >= 4 is 28.4 Å². The molecule has 0 spiro atoms. The summed E-state index contributed by atoms with van der Waals surface area (Å²) in [5, 5.41) is 0. The van der Waals surface area contributed by atoms with Gasteiger partial charge in [0.05, 0.1) is 23.3 Å². The van der Waals surface area contributed by atoms with Gasteiger partial charge in [0.15, 0.2) is 0 Å². The third-order valence-corrected chi connectivity index (χ3v) is 23.4. The Bertz CT molecular complexity index is 3690. The largest absolute Gasteiger partial charge is 0.365 e. The van der Waals surface area contributed by atoms with E-state index < -0.39 is 0 Å². The van der Waals surface area contributed by atoms with E-state index in [1.54, 1.807) is 16.7 Å². The Morgan fingerprint density at radius 3 is 1.42 bits per heavy atom. The van der Waals surface area contributed by atoms with Crippen molar-refractivity contribution < 1.29 is 0 Å². The molecule has 1 saturated carbocycles. The molecule has 5 nitrogen and oxygen atoms in total. The molecule has 7 aromatic carbocycles. The highest BCUT2D eigenvalue weighted by atomic mass is 15.5. The fourth-order valence-corrected chi connectivity index (χ4v) is 18.5. The van der Waals surface area contributed by atoms with Crippen LogP contribution in [-0.2, 0) is 16.5 Å². The van der Waals surface area contributed by atoms with Crippen LogP contribution in [0.2, 0.25) is 0 Å². The van der Waals surface area contributed by atoms with Crippen molar-refractivity contribution in [3.63, 3.8) is 0 Å². The first-order valence-electron chi connectivity index (χ1n) is 32.4. The van der Waals surface area contributed by atoms with Crippen LogP contribution in [0, 0.1) is 89.0 Å². The minimum atomic E-state index is 0.0704. The van der Waals surface area contributed by atoms with E-state index in [0.717, 1.165) is 24.5 Å². The Morgan fingerprint density at radius 2 is 0.869 bits per heavy atom. The van der Waals surface area contributed by atoms with Crippen LogP contribution >= 0.6 is 0 Å². The summed E-state index contributed by atoms with van der Waals surface area (Å²) in [6.45, 7) is 44.9. The highest BCUT2D eigenvalue weighted by Crippen LogP contribution is 2.63. The average molecular weight is 1120 g/mol. The lowest BCUT2D eigenvalue weighted by Gasteiger charge is -2.52. The maximum atomic E-state index is 2.74. The van der Waals surface area contributed by atoms with E-state index in [1.807, 2.05) is 0 Å². The maximum Gasteiger partial charge on any atom is 0.0997 e. The van der Waals surface area contributed by atoms with Crippen molar-refractivity contribution in [1.29, 1.82) is 0 Å². The number of rotatable bonds is 4. The van der Waals surface area contributed by atoms with E-state index in [0.29, 0.717) is 30.2 Å². The molecule has 5 saturated heterocycles. The Morgan fingerprint density at radius 1 is 0.417 bits per heavy atom. The third kappa shape index (κ3) is 9.03. The number of piperidine rings is 2. The quantitative estimate of drug-likeness (QED) is 0.174. The number of benzene rings is 7. The van der Waals surface area contributed by atoms with Crippen LogP contribution in [0.25, 0.3) is 0 Å². The molecule has 3 aliphatic carbocycles. The monoisotopic (exact) mass is 1120 g/mol.